The highest BCUT2D eigenvalue weighted by atomic mass is 32.1. The molecule has 2 aromatic heterocycles. The largest absolute Gasteiger partial charge is 0.385 e. The highest BCUT2D eigenvalue weighted by Crippen LogP contribution is 2.38. The molecule has 0 bridgehead atoms. The average Bonchev–Trinajstić information content (AvgIpc) is 2.85. The third-order valence-corrected chi connectivity index (χ3v) is 5.13. The summed E-state index contributed by atoms with van der Waals surface area (Å²) in [6.07, 6.45) is 7.72. The molecule has 108 valence electrons. The molecule has 0 radical (unpaired) electrons. The van der Waals surface area contributed by atoms with Crippen LogP contribution < -0.4 is 4.90 Å². The van der Waals surface area contributed by atoms with Crippen molar-refractivity contribution in [1.29, 1.82) is 0 Å². The van der Waals surface area contributed by atoms with Crippen LogP contribution in [0, 0.1) is 0 Å². The minimum atomic E-state index is 0.792. The third kappa shape index (κ3) is 2.52. The number of rotatable bonds is 5. The summed E-state index contributed by atoms with van der Waals surface area (Å²) in [6, 6.07) is 0. The van der Waals surface area contributed by atoms with Gasteiger partial charge in [0, 0.05) is 32.2 Å². The van der Waals surface area contributed by atoms with Gasteiger partial charge >= 0.3 is 0 Å². The molecule has 5 heteroatoms. The maximum absolute atomic E-state index is 5.13. The monoisotopic (exact) mass is 291 g/mol. The quantitative estimate of drug-likeness (QED) is 0.794. The van der Waals surface area contributed by atoms with Gasteiger partial charge < -0.3 is 9.64 Å². The first kappa shape index (κ1) is 13.8. The summed E-state index contributed by atoms with van der Waals surface area (Å²) in [4.78, 5) is 13.9. The Labute approximate surface area is 123 Å². The van der Waals surface area contributed by atoms with Gasteiger partial charge in [0.15, 0.2) is 0 Å². The topological polar surface area (TPSA) is 38.2 Å². The summed E-state index contributed by atoms with van der Waals surface area (Å²) in [5, 5.41) is 1.30. The number of thiophene rings is 1. The fourth-order valence-corrected chi connectivity index (χ4v) is 4.14. The van der Waals surface area contributed by atoms with E-state index >= 15 is 0 Å². The van der Waals surface area contributed by atoms with Crippen molar-refractivity contribution in [3.63, 3.8) is 0 Å². The molecule has 0 saturated heterocycles. The second-order valence-corrected chi connectivity index (χ2v) is 6.44. The maximum atomic E-state index is 5.13. The van der Waals surface area contributed by atoms with Crippen molar-refractivity contribution in [2.24, 2.45) is 0 Å². The summed E-state index contributed by atoms with van der Waals surface area (Å²) in [7, 11) is 3.86. The van der Waals surface area contributed by atoms with E-state index in [2.05, 4.69) is 21.9 Å². The molecule has 0 saturated carbocycles. The molecule has 2 heterocycles. The van der Waals surface area contributed by atoms with Crippen LogP contribution in [0.25, 0.3) is 10.2 Å². The van der Waals surface area contributed by atoms with Crippen molar-refractivity contribution in [1.82, 2.24) is 9.97 Å². The lowest BCUT2D eigenvalue weighted by molar-refractivity contribution is 0.196. The number of anilines is 1. The smallest absolute Gasteiger partial charge is 0.140 e. The molecular formula is C15H21N3OS. The van der Waals surface area contributed by atoms with E-state index in [0.29, 0.717) is 0 Å². The van der Waals surface area contributed by atoms with E-state index in [-0.39, 0.29) is 0 Å². The fourth-order valence-electron chi connectivity index (χ4n) is 2.91. The molecule has 1 aliphatic carbocycles. The minimum absolute atomic E-state index is 0.792. The van der Waals surface area contributed by atoms with Crippen LogP contribution in [0.1, 0.15) is 29.7 Å². The number of hydrogen-bond donors (Lipinski definition) is 0. The maximum Gasteiger partial charge on any atom is 0.140 e. The van der Waals surface area contributed by atoms with Crippen molar-refractivity contribution >= 4 is 27.4 Å². The lowest BCUT2D eigenvalue weighted by Gasteiger charge is -2.20. The number of nitrogens with zero attached hydrogens (tertiary/aromatic N) is 3. The summed E-state index contributed by atoms with van der Waals surface area (Å²) in [5.74, 6) is 1.09. The molecule has 0 N–H and O–H groups in total. The van der Waals surface area contributed by atoms with Crippen molar-refractivity contribution < 1.29 is 4.74 Å². The third-order valence-electron chi connectivity index (χ3n) is 3.93. The molecule has 0 amide bonds. The number of hydrogen-bond acceptors (Lipinski definition) is 5. The van der Waals surface area contributed by atoms with Gasteiger partial charge in [0.25, 0.3) is 0 Å². The zero-order valence-corrected chi connectivity index (χ0v) is 13.0. The second-order valence-electron chi connectivity index (χ2n) is 5.36. The van der Waals surface area contributed by atoms with E-state index in [4.69, 9.17) is 4.74 Å². The molecule has 1 aliphatic rings. The SMILES string of the molecule is COCCCN(C)c1ncnc2sc3c(c12)CCCC3. The fraction of sp³-hybridized carbons (Fsp3) is 0.600. The molecule has 20 heavy (non-hydrogen) atoms. The predicted octanol–water partition coefficient (Wildman–Crippen LogP) is 3.04. The van der Waals surface area contributed by atoms with E-state index in [9.17, 15) is 0 Å². The zero-order chi connectivity index (χ0) is 13.9. The first-order valence-electron chi connectivity index (χ1n) is 7.26. The summed E-state index contributed by atoms with van der Waals surface area (Å²) < 4.78 is 5.13. The number of methoxy groups -OCH3 is 1. The highest BCUT2D eigenvalue weighted by Gasteiger charge is 2.21. The molecular weight excluding hydrogens is 270 g/mol. The Bertz CT molecular complexity index is 596. The predicted molar refractivity (Wildman–Crippen MR) is 83.8 cm³/mol. The van der Waals surface area contributed by atoms with Gasteiger partial charge in [0.05, 0.1) is 5.39 Å². The van der Waals surface area contributed by atoms with Crippen molar-refractivity contribution in [2.45, 2.75) is 32.1 Å². The van der Waals surface area contributed by atoms with E-state index < -0.39 is 0 Å². The van der Waals surface area contributed by atoms with E-state index in [1.54, 1.807) is 13.4 Å². The molecule has 0 aromatic carbocycles. The normalized spacial score (nSPS) is 14.5. The molecule has 2 aromatic rings. The average molecular weight is 291 g/mol. The van der Waals surface area contributed by atoms with Crippen molar-refractivity contribution in [3.05, 3.63) is 16.8 Å². The van der Waals surface area contributed by atoms with E-state index in [1.165, 1.54) is 41.5 Å². The highest BCUT2D eigenvalue weighted by molar-refractivity contribution is 7.19. The summed E-state index contributed by atoms with van der Waals surface area (Å²) >= 11 is 1.86. The van der Waals surface area contributed by atoms with Crippen LogP contribution in [0.3, 0.4) is 0 Å². The molecule has 0 spiro atoms. The first-order valence-corrected chi connectivity index (χ1v) is 8.08. The van der Waals surface area contributed by atoms with Gasteiger partial charge in [-0.25, -0.2) is 9.97 Å². The molecule has 0 atom stereocenters. The van der Waals surface area contributed by atoms with Gasteiger partial charge in [-0.3, -0.25) is 0 Å². The molecule has 3 rings (SSSR count). The minimum Gasteiger partial charge on any atom is -0.385 e. The lowest BCUT2D eigenvalue weighted by atomic mass is 9.97. The Morgan fingerprint density at radius 2 is 2.15 bits per heavy atom. The van der Waals surface area contributed by atoms with Crippen LogP contribution in [-0.4, -0.2) is 37.3 Å². The van der Waals surface area contributed by atoms with Crippen LogP contribution in [0.4, 0.5) is 5.82 Å². The first-order chi connectivity index (χ1) is 9.81. The van der Waals surface area contributed by atoms with Crippen LogP contribution in [0.5, 0.6) is 0 Å². The van der Waals surface area contributed by atoms with E-state index in [1.807, 2.05) is 11.3 Å². The van der Waals surface area contributed by atoms with Crippen molar-refractivity contribution in [2.75, 3.05) is 32.2 Å². The second kappa shape index (κ2) is 6.06. The van der Waals surface area contributed by atoms with Crippen LogP contribution >= 0.6 is 11.3 Å². The number of fused-ring (bicyclic) bond motifs is 3. The van der Waals surface area contributed by atoms with E-state index in [0.717, 1.165) is 30.2 Å². The van der Waals surface area contributed by atoms with Crippen LogP contribution in [0.15, 0.2) is 6.33 Å². The van der Waals surface area contributed by atoms with Gasteiger partial charge in [-0.2, -0.15) is 0 Å². The summed E-state index contributed by atoms with van der Waals surface area (Å²) in [6.45, 7) is 1.75. The van der Waals surface area contributed by atoms with Gasteiger partial charge in [-0.05, 0) is 37.7 Å². The number of ether oxygens (including phenoxy) is 1. The lowest BCUT2D eigenvalue weighted by Crippen LogP contribution is -2.21. The molecule has 0 aliphatic heterocycles. The summed E-state index contributed by atoms with van der Waals surface area (Å²) in [5.41, 5.74) is 1.51. The Morgan fingerprint density at radius 1 is 1.30 bits per heavy atom. The Balaban J connectivity index is 1.95. The Kier molecular flexibility index (Phi) is 4.17. The van der Waals surface area contributed by atoms with Crippen LogP contribution in [0.2, 0.25) is 0 Å². The Morgan fingerprint density at radius 3 is 3.00 bits per heavy atom. The van der Waals surface area contributed by atoms with Gasteiger partial charge in [-0.15, -0.1) is 11.3 Å². The van der Waals surface area contributed by atoms with Gasteiger partial charge in [0.1, 0.15) is 17.0 Å². The van der Waals surface area contributed by atoms with Gasteiger partial charge in [0.2, 0.25) is 0 Å². The number of aryl methyl sites for hydroxylation is 2. The van der Waals surface area contributed by atoms with Crippen molar-refractivity contribution in [3.8, 4) is 0 Å². The zero-order valence-electron chi connectivity index (χ0n) is 12.2. The van der Waals surface area contributed by atoms with Crippen LogP contribution in [-0.2, 0) is 17.6 Å². The molecule has 0 fully saturated rings. The molecule has 4 nitrogen and oxygen atoms in total. The number of aromatic nitrogens is 2. The van der Waals surface area contributed by atoms with Gasteiger partial charge in [-0.1, -0.05) is 0 Å². The molecule has 0 unspecified atom stereocenters. The Hall–Kier alpha value is -1.20. The standard InChI is InChI=1S/C15H21N3OS/c1-18(8-5-9-19-2)14-13-11-6-3-4-7-12(11)20-15(13)17-10-16-14/h10H,3-9H2,1-2H3.